The molecule has 1 aromatic carbocycles. The second-order valence-electron chi connectivity index (χ2n) is 5.01. The fraction of sp³-hybridized carbons (Fsp3) is 0.267. The van der Waals surface area contributed by atoms with Crippen molar-refractivity contribution in [1.29, 1.82) is 0 Å². The molecule has 1 aliphatic heterocycles. The zero-order valence-electron chi connectivity index (χ0n) is 10.8. The van der Waals surface area contributed by atoms with Gasteiger partial charge in [-0.05, 0) is 24.6 Å². The van der Waals surface area contributed by atoms with E-state index in [1.54, 1.807) is 16.8 Å². The van der Waals surface area contributed by atoms with Gasteiger partial charge in [0.2, 0.25) is 0 Å². The molecule has 0 spiro atoms. The van der Waals surface area contributed by atoms with Gasteiger partial charge >= 0.3 is 0 Å². The van der Waals surface area contributed by atoms with Crippen LogP contribution in [0.3, 0.4) is 0 Å². The van der Waals surface area contributed by atoms with Gasteiger partial charge in [0.25, 0.3) is 5.56 Å². The Morgan fingerprint density at radius 1 is 1.37 bits per heavy atom. The average Bonchev–Trinajstić information content (AvgIpc) is 2.75. The van der Waals surface area contributed by atoms with Crippen LogP contribution >= 0.6 is 0 Å². The highest BCUT2D eigenvalue weighted by Crippen LogP contribution is 2.29. The van der Waals surface area contributed by atoms with Crippen LogP contribution in [0, 0.1) is 6.92 Å². The molecule has 0 amide bonds. The topological polar surface area (TPSA) is 57.2 Å². The molecule has 3 rings (SSSR count). The highest BCUT2D eigenvalue weighted by atomic mass is 16.5. The number of hydrogen-bond donors (Lipinski definition) is 1. The number of aromatic nitrogens is 1. The predicted molar refractivity (Wildman–Crippen MR) is 74.4 cm³/mol. The molecule has 1 unspecified atom stereocenters. The number of nitrogens with two attached hydrogens (primary N) is 1. The van der Waals surface area contributed by atoms with Gasteiger partial charge in [-0.3, -0.25) is 4.79 Å². The van der Waals surface area contributed by atoms with Gasteiger partial charge in [0.1, 0.15) is 11.9 Å². The summed E-state index contributed by atoms with van der Waals surface area (Å²) in [4.78, 5) is 11.7. The van der Waals surface area contributed by atoms with Crippen LogP contribution in [0.2, 0.25) is 0 Å². The molecule has 4 heteroatoms. The van der Waals surface area contributed by atoms with E-state index < -0.39 is 0 Å². The van der Waals surface area contributed by atoms with E-state index in [4.69, 9.17) is 10.5 Å². The van der Waals surface area contributed by atoms with E-state index in [1.807, 2.05) is 12.1 Å². The minimum absolute atomic E-state index is 0.00343. The first-order valence-electron chi connectivity index (χ1n) is 6.34. The number of anilines is 1. The first kappa shape index (κ1) is 11.8. The molecule has 0 bridgehead atoms. The normalized spacial score (nSPS) is 17.0. The smallest absolute Gasteiger partial charge is 0.250 e. The summed E-state index contributed by atoms with van der Waals surface area (Å²) < 4.78 is 7.47. The summed E-state index contributed by atoms with van der Waals surface area (Å²) >= 11 is 0. The molecule has 2 N–H and O–H groups in total. The summed E-state index contributed by atoms with van der Waals surface area (Å²) in [5, 5.41) is 0. The second kappa shape index (κ2) is 4.46. The van der Waals surface area contributed by atoms with Crippen LogP contribution in [-0.2, 0) is 13.0 Å². The van der Waals surface area contributed by atoms with Gasteiger partial charge in [0.05, 0.1) is 6.54 Å². The Balaban J connectivity index is 1.80. The summed E-state index contributed by atoms with van der Waals surface area (Å²) in [6.45, 7) is 2.59. The zero-order valence-corrected chi connectivity index (χ0v) is 10.8. The van der Waals surface area contributed by atoms with Crippen molar-refractivity contribution in [3.05, 3.63) is 58.0 Å². The van der Waals surface area contributed by atoms with E-state index >= 15 is 0 Å². The van der Waals surface area contributed by atoms with Crippen molar-refractivity contribution in [3.63, 3.8) is 0 Å². The van der Waals surface area contributed by atoms with Crippen molar-refractivity contribution >= 4 is 5.69 Å². The number of nitrogens with zero attached hydrogens (tertiary/aromatic N) is 1. The fourth-order valence-corrected chi connectivity index (χ4v) is 2.46. The third-order valence-corrected chi connectivity index (χ3v) is 3.36. The third-order valence-electron chi connectivity index (χ3n) is 3.36. The Labute approximate surface area is 111 Å². The van der Waals surface area contributed by atoms with Gasteiger partial charge in [-0.2, -0.15) is 0 Å². The summed E-state index contributed by atoms with van der Waals surface area (Å²) in [5.41, 5.74) is 8.68. The Morgan fingerprint density at radius 2 is 2.21 bits per heavy atom. The first-order chi connectivity index (χ1) is 9.11. The van der Waals surface area contributed by atoms with Crippen LogP contribution in [0.1, 0.15) is 11.1 Å². The van der Waals surface area contributed by atoms with Crippen LogP contribution in [0.5, 0.6) is 5.75 Å². The van der Waals surface area contributed by atoms with Crippen LogP contribution < -0.4 is 16.0 Å². The van der Waals surface area contributed by atoms with Crippen molar-refractivity contribution in [2.24, 2.45) is 0 Å². The molecule has 2 aromatic rings. The molecule has 0 aliphatic carbocycles. The Kier molecular flexibility index (Phi) is 2.78. The Bertz CT molecular complexity index is 676. The lowest BCUT2D eigenvalue weighted by Gasteiger charge is -2.12. The van der Waals surface area contributed by atoms with Gasteiger partial charge < -0.3 is 15.0 Å². The quantitative estimate of drug-likeness (QED) is 0.890. The van der Waals surface area contributed by atoms with Gasteiger partial charge in [-0.25, -0.2) is 0 Å². The molecule has 4 nitrogen and oxygen atoms in total. The molecule has 0 saturated carbocycles. The minimum atomic E-state index is -0.0510. The van der Waals surface area contributed by atoms with Gasteiger partial charge in [0, 0.05) is 24.4 Å². The van der Waals surface area contributed by atoms with E-state index in [1.165, 1.54) is 17.2 Å². The lowest BCUT2D eigenvalue weighted by molar-refractivity contribution is 0.207. The molecule has 0 radical (unpaired) electrons. The SMILES string of the molecule is Cc1ccc2c(c1)CC(Cn1cc(N)ccc1=O)O2. The Morgan fingerprint density at radius 3 is 3.05 bits per heavy atom. The average molecular weight is 256 g/mol. The van der Waals surface area contributed by atoms with Crippen LogP contribution in [0.25, 0.3) is 0 Å². The highest BCUT2D eigenvalue weighted by molar-refractivity contribution is 5.40. The van der Waals surface area contributed by atoms with Crippen molar-refractivity contribution in [3.8, 4) is 5.75 Å². The molecular weight excluding hydrogens is 240 g/mol. The molecule has 1 aliphatic rings. The van der Waals surface area contributed by atoms with Gasteiger partial charge in [0.15, 0.2) is 0 Å². The maximum atomic E-state index is 11.7. The highest BCUT2D eigenvalue weighted by Gasteiger charge is 2.23. The molecule has 0 fully saturated rings. The molecule has 2 heterocycles. The van der Waals surface area contributed by atoms with E-state index in [0.29, 0.717) is 12.2 Å². The Hall–Kier alpha value is -2.23. The largest absolute Gasteiger partial charge is 0.488 e. The second-order valence-corrected chi connectivity index (χ2v) is 5.01. The fourth-order valence-electron chi connectivity index (χ4n) is 2.46. The standard InChI is InChI=1S/C15H16N2O2/c1-10-2-4-14-11(6-10)7-13(19-14)9-17-8-12(16)3-5-15(17)18/h2-6,8,13H,7,9,16H2,1H3. The lowest BCUT2D eigenvalue weighted by atomic mass is 10.1. The van der Waals surface area contributed by atoms with E-state index in [0.717, 1.165) is 12.2 Å². The van der Waals surface area contributed by atoms with Crippen LogP contribution in [0.15, 0.2) is 41.3 Å². The number of aryl methyl sites for hydroxylation is 1. The van der Waals surface area contributed by atoms with Gasteiger partial charge in [-0.1, -0.05) is 17.7 Å². The summed E-state index contributed by atoms with van der Waals surface area (Å²) in [7, 11) is 0. The number of nitrogen functional groups attached to an aromatic ring is 1. The monoisotopic (exact) mass is 256 g/mol. The van der Waals surface area contributed by atoms with Crippen molar-refractivity contribution in [2.75, 3.05) is 5.73 Å². The van der Waals surface area contributed by atoms with Gasteiger partial charge in [-0.15, -0.1) is 0 Å². The first-order valence-corrected chi connectivity index (χ1v) is 6.34. The number of hydrogen-bond acceptors (Lipinski definition) is 3. The summed E-state index contributed by atoms with van der Waals surface area (Å²) in [6, 6.07) is 9.27. The molecule has 1 atom stereocenters. The van der Waals surface area contributed by atoms with E-state index in [9.17, 15) is 4.79 Å². The maximum Gasteiger partial charge on any atom is 0.250 e. The van der Waals surface area contributed by atoms with Crippen molar-refractivity contribution in [1.82, 2.24) is 4.57 Å². The number of rotatable bonds is 2. The predicted octanol–water partition coefficient (Wildman–Crippen LogP) is 1.74. The molecule has 0 saturated heterocycles. The molecule has 98 valence electrons. The van der Waals surface area contributed by atoms with E-state index in [2.05, 4.69) is 13.0 Å². The molecule has 19 heavy (non-hydrogen) atoms. The summed E-state index contributed by atoms with van der Waals surface area (Å²) in [6.07, 6.45) is 2.49. The lowest BCUT2D eigenvalue weighted by Crippen LogP contribution is -2.28. The zero-order chi connectivity index (χ0) is 13.4. The van der Waals surface area contributed by atoms with Crippen molar-refractivity contribution in [2.45, 2.75) is 26.0 Å². The number of ether oxygens (including phenoxy) is 1. The minimum Gasteiger partial charge on any atom is -0.488 e. The molecular formula is C15H16N2O2. The van der Waals surface area contributed by atoms with Crippen molar-refractivity contribution < 1.29 is 4.74 Å². The van der Waals surface area contributed by atoms with Crippen LogP contribution in [-0.4, -0.2) is 10.7 Å². The van der Waals surface area contributed by atoms with E-state index in [-0.39, 0.29) is 11.7 Å². The number of pyridine rings is 1. The number of benzene rings is 1. The molecule has 1 aromatic heterocycles. The third kappa shape index (κ3) is 2.34. The maximum absolute atomic E-state index is 11.7. The summed E-state index contributed by atoms with van der Waals surface area (Å²) in [5.74, 6) is 0.924. The van der Waals surface area contributed by atoms with Crippen LogP contribution in [0.4, 0.5) is 5.69 Å². The number of fused-ring (bicyclic) bond motifs is 1.